The Labute approximate surface area is 184 Å². The molecule has 3 aromatic rings. The number of esters is 1. The highest BCUT2D eigenvalue weighted by Gasteiger charge is 2.30. The van der Waals surface area contributed by atoms with Gasteiger partial charge in [0, 0.05) is 5.69 Å². The van der Waals surface area contributed by atoms with Crippen LogP contribution in [-0.4, -0.2) is 18.0 Å². The predicted octanol–water partition coefficient (Wildman–Crippen LogP) is 6.12. The highest BCUT2D eigenvalue weighted by Crippen LogP contribution is 2.32. The summed E-state index contributed by atoms with van der Waals surface area (Å²) in [7, 11) is 0. The van der Waals surface area contributed by atoms with E-state index >= 15 is 0 Å². The number of carbonyl (C=O) groups excluding carboxylic acids is 2. The lowest BCUT2D eigenvalue weighted by atomic mass is 9.98. The van der Waals surface area contributed by atoms with E-state index in [0.29, 0.717) is 16.8 Å². The predicted molar refractivity (Wildman–Crippen MR) is 116 cm³/mol. The second kappa shape index (κ2) is 9.68. The maximum Gasteiger partial charge on any atom is 0.416 e. The number of ether oxygens (including phenoxy) is 1. The van der Waals surface area contributed by atoms with Gasteiger partial charge in [-0.1, -0.05) is 49.4 Å². The zero-order valence-corrected chi connectivity index (χ0v) is 17.6. The molecule has 1 N–H and O–H groups in total. The average molecular weight is 441 g/mol. The molecule has 0 aliphatic carbocycles. The molecule has 0 aliphatic heterocycles. The van der Waals surface area contributed by atoms with Crippen LogP contribution in [0.3, 0.4) is 0 Å². The van der Waals surface area contributed by atoms with Crippen LogP contribution >= 0.6 is 0 Å². The Morgan fingerprint density at radius 2 is 1.56 bits per heavy atom. The van der Waals surface area contributed by atoms with Gasteiger partial charge in [-0.05, 0) is 60.4 Å². The number of halogens is 3. The van der Waals surface area contributed by atoms with Gasteiger partial charge in [-0.3, -0.25) is 4.79 Å². The van der Waals surface area contributed by atoms with Crippen molar-refractivity contribution >= 4 is 17.6 Å². The topological polar surface area (TPSA) is 55.4 Å². The van der Waals surface area contributed by atoms with Gasteiger partial charge < -0.3 is 10.1 Å². The SMILES string of the molecule is CCc1ccc(NC(=O)C(C)OC(=O)c2ccccc2-c2ccc(C(F)(F)F)cc2)cc1. The number of hydrogen-bond acceptors (Lipinski definition) is 3. The molecule has 1 amide bonds. The van der Waals surface area contributed by atoms with Crippen LogP contribution in [0.4, 0.5) is 18.9 Å². The molecule has 0 spiro atoms. The summed E-state index contributed by atoms with van der Waals surface area (Å²) in [5.41, 5.74) is 1.92. The first kappa shape index (κ1) is 23.1. The normalized spacial score (nSPS) is 12.2. The molecule has 0 saturated carbocycles. The first-order valence-corrected chi connectivity index (χ1v) is 10.1. The molecule has 166 valence electrons. The molecule has 4 nitrogen and oxygen atoms in total. The summed E-state index contributed by atoms with van der Waals surface area (Å²) in [5, 5.41) is 2.69. The highest BCUT2D eigenvalue weighted by atomic mass is 19.4. The van der Waals surface area contributed by atoms with Crippen molar-refractivity contribution in [3.8, 4) is 11.1 Å². The minimum Gasteiger partial charge on any atom is -0.449 e. The molecule has 3 rings (SSSR count). The number of amides is 1. The highest BCUT2D eigenvalue weighted by molar-refractivity contribution is 6.00. The van der Waals surface area contributed by atoms with Gasteiger partial charge in [0.1, 0.15) is 0 Å². The molecule has 0 saturated heterocycles. The smallest absolute Gasteiger partial charge is 0.416 e. The lowest BCUT2D eigenvalue weighted by molar-refractivity contribution is -0.137. The third-order valence-corrected chi connectivity index (χ3v) is 4.95. The number of rotatable bonds is 6. The largest absolute Gasteiger partial charge is 0.449 e. The standard InChI is InChI=1S/C25H22F3NO3/c1-3-17-8-14-20(15-9-17)29-23(30)16(2)32-24(31)22-7-5-4-6-21(22)18-10-12-19(13-11-18)25(26,27)28/h4-16H,3H2,1-2H3,(H,29,30). The van der Waals surface area contributed by atoms with Crippen LogP contribution in [0.15, 0.2) is 72.8 Å². The number of benzene rings is 3. The third-order valence-electron chi connectivity index (χ3n) is 4.95. The minimum atomic E-state index is -4.45. The molecule has 0 radical (unpaired) electrons. The first-order valence-electron chi connectivity index (χ1n) is 10.1. The van der Waals surface area contributed by atoms with Crippen LogP contribution in [0.25, 0.3) is 11.1 Å². The molecular formula is C25H22F3NO3. The summed E-state index contributed by atoms with van der Waals surface area (Å²) in [5.74, 6) is -1.24. The van der Waals surface area contributed by atoms with Crippen LogP contribution in [-0.2, 0) is 22.1 Å². The van der Waals surface area contributed by atoms with Crippen molar-refractivity contribution in [2.24, 2.45) is 0 Å². The zero-order chi connectivity index (χ0) is 23.3. The van der Waals surface area contributed by atoms with E-state index in [1.54, 1.807) is 30.3 Å². The number of anilines is 1. The maximum absolute atomic E-state index is 12.8. The van der Waals surface area contributed by atoms with E-state index in [2.05, 4.69) is 5.32 Å². The summed E-state index contributed by atoms with van der Waals surface area (Å²) in [4.78, 5) is 25.2. The summed E-state index contributed by atoms with van der Waals surface area (Å²) in [6, 6.07) is 18.2. The summed E-state index contributed by atoms with van der Waals surface area (Å²) in [6.07, 6.45) is -4.65. The molecule has 0 aromatic heterocycles. The van der Waals surface area contributed by atoms with E-state index < -0.39 is 29.7 Å². The Morgan fingerprint density at radius 3 is 2.16 bits per heavy atom. The van der Waals surface area contributed by atoms with Crippen molar-refractivity contribution in [1.29, 1.82) is 0 Å². The quantitative estimate of drug-likeness (QED) is 0.469. The summed E-state index contributed by atoms with van der Waals surface area (Å²) in [6.45, 7) is 3.48. The van der Waals surface area contributed by atoms with Gasteiger partial charge in [-0.15, -0.1) is 0 Å². The monoisotopic (exact) mass is 441 g/mol. The van der Waals surface area contributed by atoms with Crippen molar-refractivity contribution in [2.75, 3.05) is 5.32 Å². The fourth-order valence-electron chi connectivity index (χ4n) is 3.10. The van der Waals surface area contributed by atoms with E-state index in [0.717, 1.165) is 24.1 Å². The van der Waals surface area contributed by atoms with Gasteiger partial charge in [0.05, 0.1) is 11.1 Å². The fraction of sp³-hybridized carbons (Fsp3) is 0.200. The van der Waals surface area contributed by atoms with Gasteiger partial charge in [0.25, 0.3) is 5.91 Å². The van der Waals surface area contributed by atoms with Crippen LogP contribution < -0.4 is 5.32 Å². The second-order valence-electron chi connectivity index (χ2n) is 7.21. The fourth-order valence-corrected chi connectivity index (χ4v) is 3.10. The third kappa shape index (κ3) is 5.55. The number of nitrogens with one attached hydrogen (secondary N) is 1. The molecule has 7 heteroatoms. The van der Waals surface area contributed by atoms with Crippen LogP contribution in [0, 0.1) is 0 Å². The van der Waals surface area contributed by atoms with E-state index in [-0.39, 0.29) is 5.56 Å². The Balaban J connectivity index is 1.73. The van der Waals surface area contributed by atoms with Crippen molar-refractivity contribution < 1.29 is 27.5 Å². The van der Waals surface area contributed by atoms with Gasteiger partial charge in [-0.25, -0.2) is 4.79 Å². The first-order chi connectivity index (χ1) is 15.2. The Hall–Kier alpha value is -3.61. The number of carbonyl (C=O) groups is 2. The van der Waals surface area contributed by atoms with Crippen molar-refractivity contribution in [3.63, 3.8) is 0 Å². The average Bonchev–Trinajstić information content (AvgIpc) is 2.79. The Kier molecular flexibility index (Phi) is 6.98. The number of alkyl halides is 3. The van der Waals surface area contributed by atoms with E-state index in [1.165, 1.54) is 25.1 Å². The van der Waals surface area contributed by atoms with E-state index in [9.17, 15) is 22.8 Å². The lowest BCUT2D eigenvalue weighted by Crippen LogP contribution is -2.30. The van der Waals surface area contributed by atoms with E-state index in [1.807, 2.05) is 19.1 Å². The summed E-state index contributed by atoms with van der Waals surface area (Å²) < 4.78 is 43.8. The van der Waals surface area contributed by atoms with Gasteiger partial charge in [0.15, 0.2) is 6.10 Å². The molecule has 0 fully saturated rings. The van der Waals surface area contributed by atoms with Crippen molar-refractivity contribution in [3.05, 3.63) is 89.5 Å². The maximum atomic E-state index is 12.8. The summed E-state index contributed by atoms with van der Waals surface area (Å²) >= 11 is 0. The zero-order valence-electron chi connectivity index (χ0n) is 17.6. The molecule has 1 unspecified atom stereocenters. The van der Waals surface area contributed by atoms with Crippen LogP contribution in [0.2, 0.25) is 0 Å². The lowest BCUT2D eigenvalue weighted by Gasteiger charge is -2.16. The molecule has 3 aromatic carbocycles. The molecule has 0 heterocycles. The van der Waals surface area contributed by atoms with Crippen molar-refractivity contribution in [2.45, 2.75) is 32.5 Å². The molecule has 0 bridgehead atoms. The van der Waals surface area contributed by atoms with Crippen LogP contribution in [0.1, 0.15) is 35.3 Å². The molecule has 32 heavy (non-hydrogen) atoms. The van der Waals surface area contributed by atoms with Gasteiger partial charge >= 0.3 is 12.1 Å². The molecule has 0 aliphatic rings. The number of aryl methyl sites for hydroxylation is 1. The second-order valence-corrected chi connectivity index (χ2v) is 7.21. The molecular weight excluding hydrogens is 419 g/mol. The Morgan fingerprint density at radius 1 is 0.938 bits per heavy atom. The number of hydrogen-bond donors (Lipinski definition) is 1. The Bertz CT molecular complexity index is 1090. The molecule has 1 atom stereocenters. The van der Waals surface area contributed by atoms with Gasteiger partial charge in [-0.2, -0.15) is 13.2 Å². The van der Waals surface area contributed by atoms with Crippen molar-refractivity contribution in [1.82, 2.24) is 0 Å². The van der Waals surface area contributed by atoms with E-state index in [4.69, 9.17) is 4.74 Å². The van der Waals surface area contributed by atoms with Gasteiger partial charge in [0.2, 0.25) is 0 Å². The van der Waals surface area contributed by atoms with Crippen LogP contribution in [0.5, 0.6) is 0 Å². The minimum absolute atomic E-state index is 0.152.